The van der Waals surface area contributed by atoms with Gasteiger partial charge in [0.15, 0.2) is 0 Å². The summed E-state index contributed by atoms with van der Waals surface area (Å²) in [4.78, 5) is 0. The zero-order valence-corrected chi connectivity index (χ0v) is 16.2. The Morgan fingerprint density at radius 2 is 1.43 bits per heavy atom. The van der Waals surface area contributed by atoms with Gasteiger partial charge in [0.25, 0.3) is 0 Å². The zero-order chi connectivity index (χ0) is 14.8. The summed E-state index contributed by atoms with van der Waals surface area (Å²) in [6.45, 7) is 4.84. The van der Waals surface area contributed by atoms with E-state index in [1.807, 2.05) is 12.1 Å². The van der Waals surface area contributed by atoms with Gasteiger partial charge in [-0.05, 0) is 37.0 Å². The highest BCUT2D eigenvalue weighted by Crippen LogP contribution is 2.13. The Kier molecular flexibility index (Phi) is 11.5. The molecule has 0 aliphatic heterocycles. The number of halogens is 2. The highest BCUT2D eigenvalue weighted by molar-refractivity contribution is 6.30. The van der Waals surface area contributed by atoms with E-state index in [2.05, 4.69) is 33.2 Å². The Morgan fingerprint density at radius 3 is 2.05 bits per heavy atom. The molecule has 1 rings (SSSR count). The van der Waals surface area contributed by atoms with Crippen molar-refractivity contribution in [2.75, 3.05) is 27.2 Å². The third-order valence-corrected chi connectivity index (χ3v) is 4.26. The minimum atomic E-state index is 0. The van der Waals surface area contributed by atoms with Gasteiger partial charge in [-0.15, -0.1) is 0 Å². The summed E-state index contributed by atoms with van der Waals surface area (Å²) in [6.07, 6.45) is 9.31. The van der Waals surface area contributed by atoms with Gasteiger partial charge in [-0.2, -0.15) is 0 Å². The summed E-state index contributed by atoms with van der Waals surface area (Å²) in [5, 5.41) is 0.831. The monoisotopic (exact) mass is 375 g/mol. The molecule has 0 radical (unpaired) electrons. The first kappa shape index (κ1) is 20.9. The van der Waals surface area contributed by atoms with Crippen LogP contribution in [-0.4, -0.2) is 31.7 Å². The van der Waals surface area contributed by atoms with Crippen molar-refractivity contribution in [1.82, 2.24) is 0 Å². The van der Waals surface area contributed by atoms with E-state index in [4.69, 9.17) is 11.6 Å². The number of quaternary nitrogens is 1. The predicted octanol–water partition coefficient (Wildman–Crippen LogP) is 2.32. The number of hydrogen-bond acceptors (Lipinski definition) is 0. The molecule has 0 aliphatic carbocycles. The van der Waals surface area contributed by atoms with Gasteiger partial charge in [0, 0.05) is 11.4 Å². The van der Waals surface area contributed by atoms with E-state index in [1.165, 1.54) is 57.2 Å². The molecule has 0 saturated heterocycles. The SMILES string of the molecule is CCCCCCC[N+](C)(C)CCCc1ccc(Cl)cc1.[Br-]. The van der Waals surface area contributed by atoms with Crippen LogP contribution in [0.3, 0.4) is 0 Å². The normalized spacial score (nSPS) is 11.2. The Labute approximate surface area is 147 Å². The molecule has 0 unspecified atom stereocenters. The minimum Gasteiger partial charge on any atom is -1.00 e. The molecule has 0 heterocycles. The minimum absolute atomic E-state index is 0. The van der Waals surface area contributed by atoms with Crippen LogP contribution in [0.1, 0.15) is 51.0 Å². The van der Waals surface area contributed by atoms with E-state index < -0.39 is 0 Å². The highest BCUT2D eigenvalue weighted by Gasteiger charge is 2.13. The number of benzene rings is 1. The summed E-state index contributed by atoms with van der Waals surface area (Å²) in [7, 11) is 4.73. The van der Waals surface area contributed by atoms with Crippen molar-refractivity contribution in [3.05, 3.63) is 34.9 Å². The quantitative estimate of drug-likeness (QED) is 0.434. The van der Waals surface area contributed by atoms with Crippen molar-refractivity contribution in [3.63, 3.8) is 0 Å². The van der Waals surface area contributed by atoms with Crippen molar-refractivity contribution in [1.29, 1.82) is 0 Å². The number of aryl methyl sites for hydroxylation is 1. The molecular formula is C18H31BrClN. The van der Waals surface area contributed by atoms with Gasteiger partial charge < -0.3 is 21.5 Å². The molecule has 0 spiro atoms. The lowest BCUT2D eigenvalue weighted by Crippen LogP contribution is -3.00. The van der Waals surface area contributed by atoms with Gasteiger partial charge >= 0.3 is 0 Å². The lowest BCUT2D eigenvalue weighted by molar-refractivity contribution is -0.890. The number of unbranched alkanes of at least 4 members (excludes halogenated alkanes) is 4. The van der Waals surface area contributed by atoms with Crippen LogP contribution < -0.4 is 17.0 Å². The summed E-state index contributed by atoms with van der Waals surface area (Å²) in [6, 6.07) is 8.27. The molecule has 21 heavy (non-hydrogen) atoms. The third-order valence-electron chi connectivity index (χ3n) is 4.01. The molecule has 0 amide bonds. The van der Waals surface area contributed by atoms with Gasteiger partial charge in [-0.3, -0.25) is 0 Å². The van der Waals surface area contributed by atoms with Crippen molar-refractivity contribution in [2.45, 2.75) is 51.9 Å². The molecule has 0 saturated carbocycles. The Hall–Kier alpha value is -0.0500. The average molecular weight is 377 g/mol. The van der Waals surface area contributed by atoms with Gasteiger partial charge in [0.1, 0.15) is 0 Å². The summed E-state index contributed by atoms with van der Waals surface area (Å²) in [5.74, 6) is 0. The van der Waals surface area contributed by atoms with Gasteiger partial charge in [0.05, 0.1) is 27.2 Å². The van der Waals surface area contributed by atoms with E-state index in [1.54, 1.807) is 0 Å². The van der Waals surface area contributed by atoms with E-state index in [-0.39, 0.29) is 17.0 Å². The van der Waals surface area contributed by atoms with Crippen molar-refractivity contribution in [2.24, 2.45) is 0 Å². The maximum absolute atomic E-state index is 5.91. The second kappa shape index (κ2) is 11.5. The van der Waals surface area contributed by atoms with Crippen LogP contribution in [-0.2, 0) is 6.42 Å². The topological polar surface area (TPSA) is 0 Å². The zero-order valence-electron chi connectivity index (χ0n) is 13.9. The van der Waals surface area contributed by atoms with Crippen LogP contribution >= 0.6 is 11.6 Å². The van der Waals surface area contributed by atoms with Crippen LogP contribution in [0.5, 0.6) is 0 Å². The van der Waals surface area contributed by atoms with Gasteiger partial charge in [-0.25, -0.2) is 0 Å². The maximum atomic E-state index is 5.91. The van der Waals surface area contributed by atoms with Crippen LogP contribution in [0.2, 0.25) is 5.02 Å². The van der Waals surface area contributed by atoms with E-state index >= 15 is 0 Å². The van der Waals surface area contributed by atoms with E-state index in [0.29, 0.717) is 0 Å². The standard InChI is InChI=1S/C18H31ClN.BrH/c1-4-5-6-7-8-15-20(2,3)16-9-10-17-11-13-18(19)14-12-17;/h11-14H,4-10,15-16H2,1-3H3;1H/q+1;/p-1. The van der Waals surface area contributed by atoms with Crippen LogP contribution in [0.25, 0.3) is 0 Å². The molecular weight excluding hydrogens is 346 g/mol. The van der Waals surface area contributed by atoms with E-state index in [0.717, 1.165) is 15.9 Å². The third kappa shape index (κ3) is 10.3. The van der Waals surface area contributed by atoms with Gasteiger partial charge in [0.2, 0.25) is 0 Å². The molecule has 0 atom stereocenters. The molecule has 0 aromatic heterocycles. The second-order valence-corrected chi connectivity index (χ2v) is 6.96. The van der Waals surface area contributed by atoms with Crippen LogP contribution in [0.15, 0.2) is 24.3 Å². The fraction of sp³-hybridized carbons (Fsp3) is 0.667. The predicted molar refractivity (Wildman–Crippen MR) is 90.4 cm³/mol. The largest absolute Gasteiger partial charge is 1.00 e. The molecule has 1 aromatic carbocycles. The molecule has 3 heteroatoms. The summed E-state index contributed by atoms with van der Waals surface area (Å²) in [5.41, 5.74) is 1.40. The molecule has 122 valence electrons. The molecule has 1 nitrogen and oxygen atoms in total. The Bertz CT molecular complexity index is 362. The molecule has 0 N–H and O–H groups in total. The molecule has 0 bridgehead atoms. The van der Waals surface area contributed by atoms with Gasteiger partial charge in [-0.1, -0.05) is 49.9 Å². The van der Waals surface area contributed by atoms with Crippen molar-refractivity contribution in [3.8, 4) is 0 Å². The molecule has 0 fully saturated rings. The average Bonchev–Trinajstić information content (AvgIpc) is 2.40. The fourth-order valence-corrected chi connectivity index (χ4v) is 2.74. The number of rotatable bonds is 10. The first-order valence-corrected chi connectivity index (χ1v) is 8.48. The van der Waals surface area contributed by atoms with Crippen molar-refractivity contribution < 1.29 is 21.5 Å². The second-order valence-electron chi connectivity index (χ2n) is 6.53. The van der Waals surface area contributed by atoms with Crippen LogP contribution in [0, 0.1) is 0 Å². The number of nitrogens with zero attached hydrogens (tertiary/aromatic N) is 1. The first-order chi connectivity index (χ1) is 9.53. The van der Waals surface area contributed by atoms with Crippen molar-refractivity contribution >= 4 is 11.6 Å². The Morgan fingerprint density at radius 1 is 0.857 bits per heavy atom. The fourth-order valence-electron chi connectivity index (χ4n) is 2.62. The summed E-state index contributed by atoms with van der Waals surface area (Å²) < 4.78 is 1.15. The highest BCUT2D eigenvalue weighted by atomic mass is 79.9. The first-order valence-electron chi connectivity index (χ1n) is 8.10. The van der Waals surface area contributed by atoms with Crippen LogP contribution in [0.4, 0.5) is 0 Å². The summed E-state index contributed by atoms with van der Waals surface area (Å²) >= 11 is 5.91. The number of hydrogen-bond donors (Lipinski definition) is 0. The lowest BCUT2D eigenvalue weighted by atomic mass is 10.1. The maximum Gasteiger partial charge on any atom is 0.0785 e. The Balaban J connectivity index is 0.00000400. The lowest BCUT2D eigenvalue weighted by Gasteiger charge is -2.30. The smallest absolute Gasteiger partial charge is 0.0785 e. The molecule has 0 aliphatic rings. The molecule has 1 aromatic rings. The van der Waals surface area contributed by atoms with E-state index in [9.17, 15) is 0 Å².